The van der Waals surface area contributed by atoms with Gasteiger partial charge in [-0.3, -0.25) is 4.90 Å². The fraction of sp³-hybridized carbons (Fsp3) is 0.533. The van der Waals surface area contributed by atoms with Crippen molar-refractivity contribution in [3.63, 3.8) is 0 Å². The van der Waals surface area contributed by atoms with Gasteiger partial charge in [-0.15, -0.1) is 0 Å². The number of nitriles is 1. The van der Waals surface area contributed by atoms with Gasteiger partial charge in [-0.05, 0) is 38.1 Å². The second kappa shape index (κ2) is 7.03. The highest BCUT2D eigenvalue weighted by Gasteiger charge is 2.09. The Morgan fingerprint density at radius 2 is 1.83 bits per heavy atom. The van der Waals surface area contributed by atoms with Gasteiger partial charge in [0.05, 0.1) is 5.56 Å². The first-order valence-electron chi connectivity index (χ1n) is 6.74. The molecule has 0 atom stereocenters. The molecule has 18 heavy (non-hydrogen) atoms. The lowest BCUT2D eigenvalue weighted by atomic mass is 10.2. The first-order chi connectivity index (χ1) is 8.90. The summed E-state index contributed by atoms with van der Waals surface area (Å²) in [4.78, 5) is 2.46. The van der Waals surface area contributed by atoms with Crippen LogP contribution in [0.4, 0.5) is 0 Å². The molecule has 2 rings (SSSR count). The summed E-state index contributed by atoms with van der Waals surface area (Å²) in [6, 6.07) is 9.58. The molecule has 1 aliphatic heterocycles. The second-order valence-electron chi connectivity index (χ2n) is 4.71. The van der Waals surface area contributed by atoms with Crippen LogP contribution in [0.2, 0.25) is 0 Å². The number of rotatable bonds is 4. The Balaban J connectivity index is 1.79. The third-order valence-corrected chi connectivity index (χ3v) is 3.37. The van der Waals surface area contributed by atoms with Crippen LogP contribution < -0.4 is 4.74 Å². The monoisotopic (exact) mass is 244 g/mol. The number of hydrogen-bond acceptors (Lipinski definition) is 3. The maximum absolute atomic E-state index is 8.96. The molecule has 0 saturated carbocycles. The largest absolute Gasteiger partial charge is 0.491 e. The average Bonchev–Trinajstić information content (AvgIpc) is 2.68. The van der Waals surface area contributed by atoms with E-state index in [1.807, 2.05) is 18.2 Å². The minimum absolute atomic E-state index is 0.619. The van der Waals surface area contributed by atoms with Gasteiger partial charge in [0.2, 0.25) is 0 Å². The van der Waals surface area contributed by atoms with E-state index in [1.165, 1.54) is 38.8 Å². The van der Waals surface area contributed by atoms with E-state index in [2.05, 4.69) is 11.0 Å². The Morgan fingerprint density at radius 1 is 1.11 bits per heavy atom. The molecule has 0 unspecified atom stereocenters. The van der Waals surface area contributed by atoms with E-state index in [0.717, 1.165) is 6.54 Å². The van der Waals surface area contributed by atoms with Gasteiger partial charge in [0, 0.05) is 6.54 Å². The highest BCUT2D eigenvalue weighted by atomic mass is 16.5. The molecule has 0 aromatic heterocycles. The van der Waals surface area contributed by atoms with Gasteiger partial charge in [-0.2, -0.15) is 5.26 Å². The number of likely N-dealkylation sites (tertiary alicyclic amines) is 1. The second-order valence-corrected chi connectivity index (χ2v) is 4.71. The first-order valence-corrected chi connectivity index (χ1v) is 6.74. The Bertz CT molecular complexity index is 403. The quantitative estimate of drug-likeness (QED) is 0.817. The molecule has 0 aliphatic carbocycles. The Labute approximate surface area is 109 Å². The first kappa shape index (κ1) is 12.9. The van der Waals surface area contributed by atoms with Crippen LogP contribution in [0.5, 0.6) is 5.75 Å². The maximum Gasteiger partial charge on any atom is 0.137 e. The molecule has 0 amide bonds. The van der Waals surface area contributed by atoms with Gasteiger partial charge < -0.3 is 4.74 Å². The van der Waals surface area contributed by atoms with Gasteiger partial charge in [0.1, 0.15) is 18.4 Å². The standard InChI is InChI=1S/C15H20N2O/c16-13-14-7-3-4-8-15(14)18-12-11-17-9-5-1-2-6-10-17/h3-4,7-8H,1-2,5-6,9-12H2. The van der Waals surface area contributed by atoms with Crippen molar-refractivity contribution >= 4 is 0 Å². The van der Waals surface area contributed by atoms with Crippen molar-refractivity contribution in [1.82, 2.24) is 4.90 Å². The van der Waals surface area contributed by atoms with E-state index in [9.17, 15) is 0 Å². The molecule has 1 aromatic rings. The molecule has 3 nitrogen and oxygen atoms in total. The topological polar surface area (TPSA) is 36.3 Å². The molecule has 96 valence electrons. The van der Waals surface area contributed by atoms with Crippen LogP contribution in [0.25, 0.3) is 0 Å². The summed E-state index contributed by atoms with van der Waals surface area (Å²) in [7, 11) is 0. The van der Waals surface area contributed by atoms with Crippen LogP contribution in [0.3, 0.4) is 0 Å². The van der Waals surface area contributed by atoms with Crippen LogP contribution in [-0.2, 0) is 0 Å². The van der Waals surface area contributed by atoms with E-state index in [4.69, 9.17) is 10.00 Å². The summed E-state index contributed by atoms with van der Waals surface area (Å²) in [5.41, 5.74) is 0.619. The molecule has 1 fully saturated rings. The van der Waals surface area contributed by atoms with E-state index < -0.39 is 0 Å². The zero-order chi connectivity index (χ0) is 12.6. The van der Waals surface area contributed by atoms with Crippen molar-refractivity contribution in [3.8, 4) is 11.8 Å². The minimum Gasteiger partial charge on any atom is -0.491 e. The summed E-state index contributed by atoms with van der Waals surface area (Å²) in [5.74, 6) is 0.704. The highest BCUT2D eigenvalue weighted by molar-refractivity contribution is 5.42. The normalized spacial score (nSPS) is 16.8. The lowest BCUT2D eigenvalue weighted by Crippen LogP contribution is -2.29. The van der Waals surface area contributed by atoms with Crippen molar-refractivity contribution in [2.45, 2.75) is 25.7 Å². The maximum atomic E-state index is 8.96. The van der Waals surface area contributed by atoms with Crippen LogP contribution >= 0.6 is 0 Å². The Hall–Kier alpha value is -1.53. The fourth-order valence-corrected chi connectivity index (χ4v) is 2.33. The molecule has 0 N–H and O–H groups in total. The van der Waals surface area contributed by atoms with Crippen LogP contribution in [0, 0.1) is 11.3 Å². The summed E-state index contributed by atoms with van der Waals surface area (Å²) in [5, 5.41) is 8.96. The van der Waals surface area contributed by atoms with Crippen molar-refractivity contribution in [2.24, 2.45) is 0 Å². The number of para-hydroxylation sites is 1. The highest BCUT2D eigenvalue weighted by Crippen LogP contribution is 2.16. The number of nitrogens with zero attached hydrogens (tertiary/aromatic N) is 2. The van der Waals surface area contributed by atoms with Crippen molar-refractivity contribution in [1.29, 1.82) is 5.26 Å². The van der Waals surface area contributed by atoms with Crippen molar-refractivity contribution < 1.29 is 4.74 Å². The predicted molar refractivity (Wildman–Crippen MR) is 71.6 cm³/mol. The predicted octanol–water partition coefficient (Wildman–Crippen LogP) is 2.81. The molecule has 1 aliphatic rings. The molecule has 1 saturated heterocycles. The summed E-state index contributed by atoms with van der Waals surface area (Å²) >= 11 is 0. The smallest absolute Gasteiger partial charge is 0.137 e. The van der Waals surface area contributed by atoms with Crippen LogP contribution in [-0.4, -0.2) is 31.1 Å². The van der Waals surface area contributed by atoms with Crippen LogP contribution in [0.15, 0.2) is 24.3 Å². The van der Waals surface area contributed by atoms with Gasteiger partial charge in [-0.1, -0.05) is 25.0 Å². The molecule has 1 aromatic carbocycles. The van der Waals surface area contributed by atoms with Gasteiger partial charge in [0.15, 0.2) is 0 Å². The summed E-state index contributed by atoms with van der Waals surface area (Å²) in [6.45, 7) is 3.99. The number of hydrogen-bond donors (Lipinski definition) is 0. The summed E-state index contributed by atoms with van der Waals surface area (Å²) < 4.78 is 5.71. The minimum atomic E-state index is 0.619. The number of benzene rings is 1. The molecule has 1 heterocycles. The van der Waals surface area contributed by atoms with Gasteiger partial charge in [-0.25, -0.2) is 0 Å². The van der Waals surface area contributed by atoms with Gasteiger partial charge in [0.25, 0.3) is 0 Å². The molecular formula is C15H20N2O. The molecule has 0 bridgehead atoms. The third-order valence-electron chi connectivity index (χ3n) is 3.37. The molecule has 0 spiro atoms. The lowest BCUT2D eigenvalue weighted by Gasteiger charge is -2.19. The fourth-order valence-electron chi connectivity index (χ4n) is 2.33. The Kier molecular flexibility index (Phi) is 5.04. The summed E-state index contributed by atoms with van der Waals surface area (Å²) in [6.07, 6.45) is 5.31. The molecular weight excluding hydrogens is 224 g/mol. The SMILES string of the molecule is N#Cc1ccccc1OCCN1CCCCCC1. The van der Waals surface area contributed by atoms with E-state index in [1.54, 1.807) is 6.07 Å². The van der Waals surface area contributed by atoms with Crippen molar-refractivity contribution in [2.75, 3.05) is 26.2 Å². The third kappa shape index (κ3) is 3.75. The van der Waals surface area contributed by atoms with E-state index in [0.29, 0.717) is 17.9 Å². The van der Waals surface area contributed by atoms with E-state index >= 15 is 0 Å². The molecule has 3 heteroatoms. The van der Waals surface area contributed by atoms with E-state index in [-0.39, 0.29) is 0 Å². The zero-order valence-electron chi connectivity index (χ0n) is 10.8. The zero-order valence-corrected chi connectivity index (χ0v) is 10.8. The van der Waals surface area contributed by atoms with Crippen LogP contribution in [0.1, 0.15) is 31.2 Å². The van der Waals surface area contributed by atoms with Crippen molar-refractivity contribution in [3.05, 3.63) is 29.8 Å². The molecule has 0 radical (unpaired) electrons. The Morgan fingerprint density at radius 3 is 2.56 bits per heavy atom. The van der Waals surface area contributed by atoms with Gasteiger partial charge >= 0.3 is 0 Å². The number of ether oxygens (including phenoxy) is 1. The average molecular weight is 244 g/mol. The lowest BCUT2D eigenvalue weighted by molar-refractivity contribution is 0.213.